The molecule has 1 aromatic heterocycles. The minimum absolute atomic E-state index is 0.679. The summed E-state index contributed by atoms with van der Waals surface area (Å²) in [6, 6.07) is 0. The molecule has 68 valence electrons. The minimum Gasteiger partial charge on any atom is -0.324 e. The van der Waals surface area contributed by atoms with Crippen LogP contribution in [0.5, 0.6) is 0 Å². The standard InChI is InChI=1S/C9H12N4/c1-4-5-6-8(10-3)9-11-7(2)12-13-9/h4-6H,1H2,2-3H3,(H,11,12,13)/b6-5-,10-8+. The molecule has 0 unspecified atom stereocenters. The number of allylic oxidation sites excluding steroid dienone is 3. The Morgan fingerprint density at radius 1 is 1.54 bits per heavy atom. The highest BCUT2D eigenvalue weighted by molar-refractivity contribution is 6.06. The van der Waals surface area contributed by atoms with Crippen LogP contribution in [0.25, 0.3) is 0 Å². The lowest BCUT2D eigenvalue weighted by Gasteiger charge is -1.91. The Kier molecular flexibility index (Phi) is 3.14. The second-order valence-corrected chi connectivity index (χ2v) is 2.46. The number of aliphatic imine (C=N–C) groups is 1. The molecule has 0 spiro atoms. The summed E-state index contributed by atoms with van der Waals surface area (Å²) < 4.78 is 0. The lowest BCUT2D eigenvalue weighted by atomic mass is 10.3. The number of aromatic nitrogens is 3. The predicted molar refractivity (Wildman–Crippen MR) is 52.9 cm³/mol. The lowest BCUT2D eigenvalue weighted by Crippen LogP contribution is -1.99. The monoisotopic (exact) mass is 176 g/mol. The predicted octanol–water partition coefficient (Wildman–Crippen LogP) is 1.27. The van der Waals surface area contributed by atoms with Crippen LogP contribution in [0, 0.1) is 6.92 Å². The van der Waals surface area contributed by atoms with Gasteiger partial charge in [0.15, 0.2) is 5.82 Å². The molecule has 1 rings (SSSR count). The molecular formula is C9H12N4. The zero-order valence-corrected chi connectivity index (χ0v) is 7.78. The first-order chi connectivity index (χ1) is 6.27. The first-order valence-electron chi connectivity index (χ1n) is 3.93. The fourth-order valence-corrected chi connectivity index (χ4v) is 0.880. The number of aryl methyl sites for hydroxylation is 1. The van der Waals surface area contributed by atoms with Crippen LogP contribution in [0.1, 0.15) is 11.6 Å². The Morgan fingerprint density at radius 3 is 2.77 bits per heavy atom. The van der Waals surface area contributed by atoms with Crippen molar-refractivity contribution in [3.05, 3.63) is 36.5 Å². The number of H-pyrrole nitrogens is 1. The highest BCUT2D eigenvalue weighted by atomic mass is 15.2. The smallest absolute Gasteiger partial charge is 0.179 e. The van der Waals surface area contributed by atoms with Crippen molar-refractivity contribution in [2.45, 2.75) is 6.92 Å². The van der Waals surface area contributed by atoms with E-state index in [4.69, 9.17) is 0 Å². The molecule has 1 heterocycles. The third-order valence-electron chi connectivity index (χ3n) is 1.47. The largest absolute Gasteiger partial charge is 0.324 e. The number of nitrogens with zero attached hydrogens (tertiary/aromatic N) is 3. The average molecular weight is 176 g/mol. The summed E-state index contributed by atoms with van der Waals surface area (Å²) in [6.07, 6.45) is 5.32. The van der Waals surface area contributed by atoms with E-state index in [1.807, 2.05) is 13.0 Å². The van der Waals surface area contributed by atoms with Crippen LogP contribution in [-0.4, -0.2) is 27.9 Å². The molecule has 1 aromatic rings. The average Bonchev–Trinajstić information content (AvgIpc) is 2.54. The summed E-state index contributed by atoms with van der Waals surface area (Å²) in [5.41, 5.74) is 0.764. The van der Waals surface area contributed by atoms with Crippen molar-refractivity contribution >= 4 is 5.71 Å². The van der Waals surface area contributed by atoms with Crippen molar-refractivity contribution in [2.24, 2.45) is 4.99 Å². The van der Waals surface area contributed by atoms with E-state index < -0.39 is 0 Å². The molecule has 0 aliphatic rings. The minimum atomic E-state index is 0.679. The summed E-state index contributed by atoms with van der Waals surface area (Å²) in [5.74, 6) is 1.46. The van der Waals surface area contributed by atoms with Gasteiger partial charge in [-0.1, -0.05) is 18.7 Å². The van der Waals surface area contributed by atoms with Crippen LogP contribution in [0.3, 0.4) is 0 Å². The molecule has 0 saturated carbocycles. The Morgan fingerprint density at radius 2 is 2.31 bits per heavy atom. The van der Waals surface area contributed by atoms with E-state index in [0.717, 1.165) is 11.5 Å². The fraction of sp³-hybridized carbons (Fsp3) is 0.222. The maximum atomic E-state index is 4.06. The summed E-state index contributed by atoms with van der Waals surface area (Å²) >= 11 is 0. The van der Waals surface area contributed by atoms with E-state index >= 15 is 0 Å². The van der Waals surface area contributed by atoms with Crippen molar-refractivity contribution in [3.8, 4) is 0 Å². The first-order valence-corrected chi connectivity index (χ1v) is 3.93. The highest BCUT2D eigenvalue weighted by Gasteiger charge is 2.02. The summed E-state index contributed by atoms with van der Waals surface area (Å²) in [5, 5.41) is 7.77. The Hall–Kier alpha value is -1.71. The van der Waals surface area contributed by atoms with E-state index in [1.54, 1.807) is 19.2 Å². The SMILES string of the molecule is C=C/C=C\C(=N/C)c1nnc(C)[nH]1. The van der Waals surface area contributed by atoms with Crippen molar-refractivity contribution in [3.63, 3.8) is 0 Å². The van der Waals surface area contributed by atoms with Gasteiger partial charge in [0.05, 0.1) is 0 Å². The molecule has 0 saturated heterocycles. The van der Waals surface area contributed by atoms with Gasteiger partial charge in [0, 0.05) is 7.05 Å². The van der Waals surface area contributed by atoms with Crippen molar-refractivity contribution < 1.29 is 0 Å². The normalized spacial score (nSPS) is 12.3. The molecule has 0 aliphatic carbocycles. The highest BCUT2D eigenvalue weighted by Crippen LogP contribution is 1.95. The van der Waals surface area contributed by atoms with Crippen LogP contribution in [0.15, 0.2) is 29.8 Å². The van der Waals surface area contributed by atoms with Crippen LogP contribution < -0.4 is 0 Å². The number of hydrogen-bond acceptors (Lipinski definition) is 3. The molecular weight excluding hydrogens is 164 g/mol. The van der Waals surface area contributed by atoms with E-state index in [9.17, 15) is 0 Å². The van der Waals surface area contributed by atoms with Gasteiger partial charge in [-0.05, 0) is 13.0 Å². The maximum absolute atomic E-state index is 4.06. The fourth-order valence-electron chi connectivity index (χ4n) is 0.880. The molecule has 0 amide bonds. The summed E-state index contributed by atoms with van der Waals surface area (Å²) in [4.78, 5) is 7.05. The second kappa shape index (κ2) is 4.35. The molecule has 0 atom stereocenters. The molecule has 13 heavy (non-hydrogen) atoms. The van der Waals surface area contributed by atoms with Crippen LogP contribution >= 0.6 is 0 Å². The molecule has 1 N–H and O–H groups in total. The quantitative estimate of drug-likeness (QED) is 0.557. The van der Waals surface area contributed by atoms with Crippen LogP contribution in [0.4, 0.5) is 0 Å². The number of hydrogen-bond donors (Lipinski definition) is 1. The lowest BCUT2D eigenvalue weighted by molar-refractivity contribution is 1.03. The Bertz CT molecular complexity index is 346. The molecule has 4 heteroatoms. The van der Waals surface area contributed by atoms with Crippen molar-refractivity contribution in [2.75, 3.05) is 7.05 Å². The first kappa shape index (κ1) is 9.38. The van der Waals surface area contributed by atoms with Gasteiger partial charge in [0.2, 0.25) is 0 Å². The molecule has 0 radical (unpaired) electrons. The van der Waals surface area contributed by atoms with E-state index in [2.05, 4.69) is 26.8 Å². The van der Waals surface area contributed by atoms with Gasteiger partial charge in [-0.25, -0.2) is 0 Å². The van der Waals surface area contributed by atoms with Gasteiger partial charge in [-0.2, -0.15) is 0 Å². The second-order valence-electron chi connectivity index (χ2n) is 2.46. The van der Waals surface area contributed by atoms with Gasteiger partial charge in [-0.15, -0.1) is 10.2 Å². The molecule has 0 fully saturated rings. The summed E-state index contributed by atoms with van der Waals surface area (Å²) in [6.45, 7) is 5.43. The zero-order chi connectivity index (χ0) is 9.68. The van der Waals surface area contributed by atoms with E-state index in [0.29, 0.717) is 5.82 Å². The third kappa shape index (κ3) is 2.37. The number of nitrogens with one attached hydrogen (secondary N) is 1. The Balaban J connectivity index is 2.91. The number of aromatic amines is 1. The van der Waals surface area contributed by atoms with Gasteiger partial charge in [0.1, 0.15) is 11.5 Å². The van der Waals surface area contributed by atoms with Crippen LogP contribution in [0.2, 0.25) is 0 Å². The molecule has 0 aromatic carbocycles. The number of rotatable bonds is 3. The van der Waals surface area contributed by atoms with Gasteiger partial charge in [-0.3, -0.25) is 4.99 Å². The van der Waals surface area contributed by atoms with Crippen LogP contribution in [-0.2, 0) is 0 Å². The molecule has 0 bridgehead atoms. The van der Waals surface area contributed by atoms with Gasteiger partial charge < -0.3 is 4.98 Å². The van der Waals surface area contributed by atoms with Gasteiger partial charge in [0.25, 0.3) is 0 Å². The van der Waals surface area contributed by atoms with Crippen molar-refractivity contribution in [1.82, 2.24) is 15.2 Å². The molecule has 0 aliphatic heterocycles. The van der Waals surface area contributed by atoms with Crippen molar-refractivity contribution in [1.29, 1.82) is 0 Å². The molecule has 4 nitrogen and oxygen atoms in total. The maximum Gasteiger partial charge on any atom is 0.179 e. The van der Waals surface area contributed by atoms with Gasteiger partial charge >= 0.3 is 0 Å². The van der Waals surface area contributed by atoms with E-state index in [1.165, 1.54) is 0 Å². The van der Waals surface area contributed by atoms with E-state index in [-0.39, 0.29) is 0 Å². The summed E-state index contributed by atoms with van der Waals surface area (Å²) in [7, 11) is 1.71. The third-order valence-corrected chi connectivity index (χ3v) is 1.47. The zero-order valence-electron chi connectivity index (χ0n) is 7.78. The Labute approximate surface area is 77.1 Å². The topological polar surface area (TPSA) is 53.9 Å².